The van der Waals surface area contributed by atoms with Crippen LogP contribution >= 0.6 is 0 Å². The Kier molecular flexibility index (Phi) is 6.56. The van der Waals surface area contributed by atoms with E-state index in [1.54, 1.807) is 10.6 Å². The predicted molar refractivity (Wildman–Crippen MR) is 126 cm³/mol. The Morgan fingerprint density at radius 2 is 1.62 bits per heavy atom. The van der Waals surface area contributed by atoms with Crippen molar-refractivity contribution in [2.75, 3.05) is 13.1 Å². The lowest BCUT2D eigenvalue weighted by atomic mass is 9.90. The summed E-state index contributed by atoms with van der Waals surface area (Å²) in [6, 6.07) is 21.5. The van der Waals surface area contributed by atoms with Gasteiger partial charge in [0.25, 0.3) is 5.56 Å². The van der Waals surface area contributed by atoms with Crippen molar-refractivity contribution in [2.24, 2.45) is 0 Å². The van der Waals surface area contributed by atoms with E-state index < -0.39 is 5.60 Å². The lowest BCUT2D eigenvalue weighted by molar-refractivity contribution is -0.135. The van der Waals surface area contributed by atoms with E-state index in [0.717, 1.165) is 28.7 Å². The summed E-state index contributed by atoms with van der Waals surface area (Å²) in [6.45, 7) is 3.25. The molecule has 4 rings (SSSR count). The number of aromatic nitrogens is 1. The smallest absolute Gasteiger partial charge is 0.251 e. The second-order valence-electron chi connectivity index (χ2n) is 8.79. The van der Waals surface area contributed by atoms with E-state index >= 15 is 0 Å². The van der Waals surface area contributed by atoms with Gasteiger partial charge in [-0.2, -0.15) is 0 Å². The van der Waals surface area contributed by atoms with Crippen molar-refractivity contribution < 1.29 is 9.90 Å². The molecule has 2 aromatic carbocycles. The van der Waals surface area contributed by atoms with E-state index in [1.165, 1.54) is 0 Å². The van der Waals surface area contributed by atoms with Gasteiger partial charge in [-0.3, -0.25) is 9.59 Å². The summed E-state index contributed by atoms with van der Waals surface area (Å²) < 4.78 is 1.61. The molecule has 1 fully saturated rings. The van der Waals surface area contributed by atoms with Crippen LogP contribution in [0.3, 0.4) is 0 Å². The average Bonchev–Trinajstić information content (AvgIpc) is 2.81. The Balaban J connectivity index is 1.37. The first-order valence-electron chi connectivity index (χ1n) is 11.2. The summed E-state index contributed by atoms with van der Waals surface area (Å²) in [6.07, 6.45) is 3.97. The van der Waals surface area contributed by atoms with Crippen LogP contribution in [0.25, 0.3) is 11.1 Å². The molecular formula is C27H30N2O3. The van der Waals surface area contributed by atoms with Gasteiger partial charge in [-0.25, -0.2) is 0 Å². The third-order valence-electron chi connectivity index (χ3n) is 6.39. The van der Waals surface area contributed by atoms with Crippen LogP contribution in [-0.2, 0) is 17.8 Å². The highest BCUT2D eigenvalue weighted by molar-refractivity contribution is 5.76. The molecule has 1 aliphatic heterocycles. The third-order valence-corrected chi connectivity index (χ3v) is 6.39. The van der Waals surface area contributed by atoms with Crippen LogP contribution in [0, 0.1) is 6.92 Å². The summed E-state index contributed by atoms with van der Waals surface area (Å²) in [5.74, 6) is 0.121. The minimum Gasteiger partial charge on any atom is -0.388 e. The molecular weight excluding hydrogens is 400 g/mol. The molecule has 0 unspecified atom stereocenters. The Hall–Kier alpha value is -3.18. The van der Waals surface area contributed by atoms with Gasteiger partial charge in [0.05, 0.1) is 12.1 Å². The highest BCUT2D eigenvalue weighted by atomic mass is 16.3. The van der Waals surface area contributed by atoms with Gasteiger partial charge in [0.1, 0.15) is 0 Å². The van der Waals surface area contributed by atoms with Crippen molar-refractivity contribution in [3.05, 3.63) is 94.4 Å². The minimum absolute atomic E-state index is 0.121. The van der Waals surface area contributed by atoms with E-state index in [1.807, 2.05) is 78.7 Å². The number of piperidine rings is 1. The zero-order chi connectivity index (χ0) is 22.6. The average molecular weight is 431 g/mol. The van der Waals surface area contributed by atoms with Gasteiger partial charge >= 0.3 is 0 Å². The number of pyridine rings is 1. The second-order valence-corrected chi connectivity index (χ2v) is 8.79. The highest BCUT2D eigenvalue weighted by Gasteiger charge is 2.34. The van der Waals surface area contributed by atoms with Crippen molar-refractivity contribution in [3.63, 3.8) is 0 Å². The fraction of sp³-hybridized carbons (Fsp3) is 0.333. The topological polar surface area (TPSA) is 62.5 Å². The molecule has 5 nitrogen and oxygen atoms in total. The SMILES string of the molecule is Cc1cn(CC2(O)CCN(C(=O)CCc3ccccc3)CC2)c(=O)cc1-c1ccccc1. The van der Waals surface area contributed by atoms with Gasteiger partial charge in [0, 0.05) is 31.8 Å². The number of carbonyl (C=O) groups is 1. The van der Waals surface area contributed by atoms with E-state index in [-0.39, 0.29) is 18.0 Å². The first-order chi connectivity index (χ1) is 15.4. The molecule has 2 heterocycles. The summed E-state index contributed by atoms with van der Waals surface area (Å²) in [4.78, 5) is 27.2. The largest absolute Gasteiger partial charge is 0.388 e. The van der Waals surface area contributed by atoms with Gasteiger partial charge in [-0.05, 0) is 48.4 Å². The number of nitrogens with zero attached hydrogens (tertiary/aromatic N) is 2. The molecule has 0 bridgehead atoms. The second kappa shape index (κ2) is 9.53. The Labute approximate surface area is 188 Å². The number of carbonyl (C=O) groups excluding carboxylic acids is 1. The normalized spacial score (nSPS) is 15.5. The number of rotatable bonds is 6. The summed E-state index contributed by atoms with van der Waals surface area (Å²) in [5.41, 5.74) is 2.97. The molecule has 1 N–H and O–H groups in total. The quantitative estimate of drug-likeness (QED) is 0.647. The van der Waals surface area contributed by atoms with Crippen LogP contribution < -0.4 is 5.56 Å². The van der Waals surface area contributed by atoms with E-state index in [9.17, 15) is 14.7 Å². The maximum absolute atomic E-state index is 12.8. The first kappa shape index (κ1) is 22.0. The number of benzene rings is 2. The number of hydrogen-bond acceptors (Lipinski definition) is 3. The molecule has 0 spiro atoms. The van der Waals surface area contributed by atoms with Crippen molar-refractivity contribution in [1.29, 1.82) is 0 Å². The van der Waals surface area contributed by atoms with Crippen LogP contribution in [0.2, 0.25) is 0 Å². The number of amides is 1. The van der Waals surface area contributed by atoms with Gasteiger partial charge in [0.15, 0.2) is 0 Å². The zero-order valence-corrected chi connectivity index (χ0v) is 18.5. The van der Waals surface area contributed by atoms with Crippen molar-refractivity contribution >= 4 is 5.91 Å². The van der Waals surface area contributed by atoms with E-state index in [2.05, 4.69) is 0 Å². The van der Waals surface area contributed by atoms with Gasteiger partial charge in [-0.15, -0.1) is 0 Å². The number of aliphatic hydroxyl groups is 1. The first-order valence-corrected chi connectivity index (χ1v) is 11.2. The highest BCUT2D eigenvalue weighted by Crippen LogP contribution is 2.26. The molecule has 1 saturated heterocycles. The minimum atomic E-state index is -0.985. The predicted octanol–water partition coefficient (Wildman–Crippen LogP) is 3.81. The van der Waals surface area contributed by atoms with Gasteiger partial charge in [-0.1, -0.05) is 60.7 Å². The third kappa shape index (κ3) is 5.17. The standard InChI is InChI=1S/C27H30N2O3/c1-21-19-29(26(31)18-24(21)23-10-6-3-7-11-23)20-27(32)14-16-28(17-15-27)25(30)13-12-22-8-4-2-5-9-22/h2-11,18-19,32H,12-17,20H2,1H3. The van der Waals surface area contributed by atoms with Gasteiger partial charge < -0.3 is 14.6 Å². The van der Waals surface area contributed by atoms with Crippen LogP contribution in [0.5, 0.6) is 0 Å². The molecule has 0 radical (unpaired) electrons. The summed E-state index contributed by atoms with van der Waals surface area (Å²) in [7, 11) is 0. The van der Waals surface area contributed by atoms with Crippen LogP contribution in [-0.4, -0.2) is 39.2 Å². The maximum Gasteiger partial charge on any atom is 0.251 e. The molecule has 1 aromatic heterocycles. The van der Waals surface area contributed by atoms with Crippen molar-refractivity contribution in [3.8, 4) is 11.1 Å². The van der Waals surface area contributed by atoms with Gasteiger partial charge in [0.2, 0.25) is 5.91 Å². The van der Waals surface area contributed by atoms with E-state index in [4.69, 9.17) is 0 Å². The molecule has 1 aliphatic rings. The maximum atomic E-state index is 12.8. The van der Waals surface area contributed by atoms with Crippen molar-refractivity contribution in [2.45, 2.75) is 44.8 Å². The lowest BCUT2D eigenvalue weighted by Gasteiger charge is -2.38. The molecule has 0 aliphatic carbocycles. The fourth-order valence-corrected chi connectivity index (χ4v) is 4.44. The number of aryl methyl sites for hydroxylation is 2. The Morgan fingerprint density at radius 3 is 2.28 bits per heavy atom. The zero-order valence-electron chi connectivity index (χ0n) is 18.5. The molecule has 3 aromatic rings. The van der Waals surface area contributed by atoms with Crippen molar-refractivity contribution in [1.82, 2.24) is 9.47 Å². The Bertz CT molecular complexity index is 1110. The molecule has 5 heteroatoms. The van der Waals surface area contributed by atoms with Crippen LogP contribution in [0.1, 0.15) is 30.4 Å². The molecule has 166 valence electrons. The van der Waals surface area contributed by atoms with Crippen LogP contribution in [0.15, 0.2) is 77.7 Å². The lowest BCUT2D eigenvalue weighted by Crippen LogP contribution is -2.49. The number of likely N-dealkylation sites (tertiary alicyclic amines) is 1. The molecule has 0 atom stereocenters. The van der Waals surface area contributed by atoms with E-state index in [0.29, 0.717) is 32.4 Å². The molecule has 0 saturated carbocycles. The summed E-state index contributed by atoms with van der Waals surface area (Å²) in [5, 5.41) is 11.1. The van der Waals surface area contributed by atoms with Crippen LogP contribution in [0.4, 0.5) is 0 Å². The number of hydrogen-bond donors (Lipinski definition) is 1. The fourth-order valence-electron chi connectivity index (χ4n) is 4.44. The Morgan fingerprint density at radius 1 is 1.00 bits per heavy atom. The molecule has 1 amide bonds. The summed E-state index contributed by atoms with van der Waals surface area (Å²) >= 11 is 0. The molecule has 32 heavy (non-hydrogen) atoms. The monoisotopic (exact) mass is 430 g/mol.